The van der Waals surface area contributed by atoms with E-state index in [1.807, 2.05) is 11.8 Å². The molecule has 4 unspecified atom stereocenters. The lowest BCUT2D eigenvalue weighted by molar-refractivity contribution is 0.365. The molecule has 0 aromatic heterocycles. The Kier molecular flexibility index (Phi) is 3.67. The first-order valence-corrected chi connectivity index (χ1v) is 8.19. The van der Waals surface area contributed by atoms with Crippen LogP contribution in [0.25, 0.3) is 0 Å². The van der Waals surface area contributed by atoms with Gasteiger partial charge in [0.1, 0.15) is 0 Å². The Hall–Kier alpha value is -0.470. The molecule has 1 nitrogen and oxygen atoms in total. The van der Waals surface area contributed by atoms with Crippen molar-refractivity contribution in [3.8, 4) is 0 Å². The van der Waals surface area contributed by atoms with E-state index < -0.39 is 0 Å². The number of nitrogens with two attached hydrogens (primary N) is 1. The molecular formula is C16H23NS. The summed E-state index contributed by atoms with van der Waals surface area (Å²) < 4.78 is 0. The molecule has 0 amide bonds. The van der Waals surface area contributed by atoms with Gasteiger partial charge in [-0.2, -0.15) is 0 Å². The summed E-state index contributed by atoms with van der Waals surface area (Å²) in [5.74, 6) is 4.40. The molecular weight excluding hydrogens is 238 g/mol. The van der Waals surface area contributed by atoms with E-state index in [1.54, 1.807) is 0 Å². The number of benzene rings is 1. The van der Waals surface area contributed by atoms with Gasteiger partial charge in [-0.1, -0.05) is 18.6 Å². The highest BCUT2D eigenvalue weighted by Crippen LogP contribution is 2.49. The number of thioether (sulfide) groups is 1. The quantitative estimate of drug-likeness (QED) is 0.821. The van der Waals surface area contributed by atoms with Crippen molar-refractivity contribution in [2.75, 3.05) is 5.75 Å². The van der Waals surface area contributed by atoms with Crippen molar-refractivity contribution in [3.63, 3.8) is 0 Å². The molecule has 0 aliphatic heterocycles. The highest BCUT2D eigenvalue weighted by molar-refractivity contribution is 7.99. The first-order valence-electron chi connectivity index (χ1n) is 7.20. The fourth-order valence-electron chi connectivity index (χ4n) is 3.67. The zero-order chi connectivity index (χ0) is 12.5. The highest BCUT2D eigenvalue weighted by atomic mass is 32.2. The SMILES string of the molecule is CC(N)c1cccc(SCC2CC3CCC2C3)c1. The molecule has 0 saturated heterocycles. The number of hydrogen-bond acceptors (Lipinski definition) is 2. The second kappa shape index (κ2) is 5.26. The minimum absolute atomic E-state index is 0.146. The molecule has 2 N–H and O–H groups in total. The molecule has 2 aliphatic carbocycles. The summed E-state index contributed by atoms with van der Waals surface area (Å²) in [4.78, 5) is 1.40. The Bertz CT molecular complexity index is 415. The largest absolute Gasteiger partial charge is 0.324 e. The van der Waals surface area contributed by atoms with Gasteiger partial charge in [0.05, 0.1) is 0 Å². The molecule has 2 bridgehead atoms. The fourth-order valence-corrected chi connectivity index (χ4v) is 4.88. The fraction of sp³-hybridized carbons (Fsp3) is 0.625. The van der Waals surface area contributed by atoms with E-state index in [0.717, 1.165) is 17.8 Å². The average molecular weight is 261 g/mol. The number of rotatable bonds is 4. The number of fused-ring (bicyclic) bond motifs is 2. The first kappa shape index (κ1) is 12.6. The molecule has 98 valence electrons. The minimum Gasteiger partial charge on any atom is -0.324 e. The maximum absolute atomic E-state index is 5.94. The Morgan fingerprint density at radius 3 is 2.89 bits per heavy atom. The van der Waals surface area contributed by atoms with Gasteiger partial charge >= 0.3 is 0 Å². The molecule has 0 heterocycles. The predicted molar refractivity (Wildman–Crippen MR) is 78.7 cm³/mol. The van der Waals surface area contributed by atoms with Crippen LogP contribution < -0.4 is 5.73 Å². The van der Waals surface area contributed by atoms with Gasteiger partial charge in [0.25, 0.3) is 0 Å². The smallest absolute Gasteiger partial charge is 0.0266 e. The summed E-state index contributed by atoms with van der Waals surface area (Å²) in [6, 6.07) is 8.91. The van der Waals surface area contributed by atoms with Crippen molar-refractivity contribution in [1.82, 2.24) is 0 Å². The highest BCUT2D eigenvalue weighted by Gasteiger charge is 2.39. The molecule has 0 radical (unpaired) electrons. The molecule has 0 spiro atoms. The Morgan fingerprint density at radius 2 is 2.22 bits per heavy atom. The second-order valence-electron chi connectivity index (χ2n) is 6.11. The normalized spacial score (nSPS) is 31.8. The lowest BCUT2D eigenvalue weighted by Gasteiger charge is -2.21. The van der Waals surface area contributed by atoms with Gasteiger partial charge < -0.3 is 5.73 Å². The third-order valence-electron chi connectivity index (χ3n) is 4.73. The van der Waals surface area contributed by atoms with Crippen LogP contribution in [0.15, 0.2) is 29.2 Å². The van der Waals surface area contributed by atoms with E-state index in [0.29, 0.717) is 0 Å². The van der Waals surface area contributed by atoms with Crippen LogP contribution in [0.2, 0.25) is 0 Å². The van der Waals surface area contributed by atoms with Crippen LogP contribution in [-0.4, -0.2) is 5.75 Å². The van der Waals surface area contributed by atoms with Crippen LogP contribution in [-0.2, 0) is 0 Å². The van der Waals surface area contributed by atoms with Gasteiger partial charge in [-0.15, -0.1) is 11.8 Å². The van der Waals surface area contributed by atoms with Crippen LogP contribution in [0, 0.1) is 17.8 Å². The second-order valence-corrected chi connectivity index (χ2v) is 7.20. The lowest BCUT2D eigenvalue weighted by Crippen LogP contribution is -2.12. The van der Waals surface area contributed by atoms with E-state index in [1.165, 1.54) is 41.9 Å². The monoisotopic (exact) mass is 261 g/mol. The summed E-state index contributed by atoms with van der Waals surface area (Å²) in [5.41, 5.74) is 7.20. The van der Waals surface area contributed by atoms with Gasteiger partial charge in [0.2, 0.25) is 0 Å². The molecule has 3 rings (SSSR count). The summed E-state index contributed by atoms with van der Waals surface area (Å²) in [7, 11) is 0. The number of hydrogen-bond donors (Lipinski definition) is 1. The van der Waals surface area contributed by atoms with Crippen LogP contribution in [0.3, 0.4) is 0 Å². The predicted octanol–water partition coefficient (Wildman–Crippen LogP) is 4.23. The minimum atomic E-state index is 0.146. The van der Waals surface area contributed by atoms with Crippen LogP contribution in [0.4, 0.5) is 0 Å². The Labute approximate surface area is 115 Å². The van der Waals surface area contributed by atoms with Crippen molar-refractivity contribution in [2.24, 2.45) is 23.5 Å². The summed E-state index contributed by atoms with van der Waals surface area (Å²) in [5, 5.41) is 0. The van der Waals surface area contributed by atoms with E-state index in [2.05, 4.69) is 31.2 Å². The molecule has 2 aliphatic rings. The third kappa shape index (κ3) is 2.60. The topological polar surface area (TPSA) is 26.0 Å². The van der Waals surface area contributed by atoms with Crippen molar-refractivity contribution >= 4 is 11.8 Å². The van der Waals surface area contributed by atoms with Crippen molar-refractivity contribution < 1.29 is 0 Å². The van der Waals surface area contributed by atoms with Gasteiger partial charge in [-0.25, -0.2) is 0 Å². The molecule has 1 aromatic carbocycles. The average Bonchev–Trinajstić information content (AvgIpc) is 2.99. The Morgan fingerprint density at radius 1 is 1.33 bits per heavy atom. The summed E-state index contributed by atoms with van der Waals surface area (Å²) in [6.45, 7) is 2.06. The summed E-state index contributed by atoms with van der Waals surface area (Å²) >= 11 is 2.03. The van der Waals surface area contributed by atoms with Gasteiger partial charge in [0.15, 0.2) is 0 Å². The van der Waals surface area contributed by atoms with Gasteiger partial charge in [0, 0.05) is 16.7 Å². The first-order chi connectivity index (χ1) is 8.72. The van der Waals surface area contributed by atoms with E-state index in [-0.39, 0.29) is 6.04 Å². The summed E-state index contributed by atoms with van der Waals surface area (Å²) in [6.07, 6.45) is 6.01. The molecule has 4 atom stereocenters. The van der Waals surface area contributed by atoms with Crippen LogP contribution >= 0.6 is 11.8 Å². The van der Waals surface area contributed by atoms with E-state index in [4.69, 9.17) is 5.73 Å². The zero-order valence-corrected chi connectivity index (χ0v) is 12.0. The molecule has 18 heavy (non-hydrogen) atoms. The molecule has 2 fully saturated rings. The lowest BCUT2D eigenvalue weighted by atomic mass is 9.90. The third-order valence-corrected chi connectivity index (χ3v) is 5.91. The maximum Gasteiger partial charge on any atom is 0.0266 e. The van der Waals surface area contributed by atoms with E-state index >= 15 is 0 Å². The van der Waals surface area contributed by atoms with E-state index in [9.17, 15) is 0 Å². The van der Waals surface area contributed by atoms with Gasteiger partial charge in [-0.05, 0) is 61.6 Å². The molecule has 1 aromatic rings. The molecule has 2 saturated carbocycles. The maximum atomic E-state index is 5.94. The standard InChI is InChI=1S/C16H23NS/c1-11(17)13-3-2-4-16(9-13)18-10-15-8-12-5-6-14(15)7-12/h2-4,9,11-12,14-15H,5-8,10,17H2,1H3. The van der Waals surface area contributed by atoms with Crippen molar-refractivity contribution in [2.45, 2.75) is 43.5 Å². The van der Waals surface area contributed by atoms with Gasteiger partial charge in [-0.3, -0.25) is 0 Å². The Balaban J connectivity index is 1.58. The zero-order valence-electron chi connectivity index (χ0n) is 11.1. The van der Waals surface area contributed by atoms with Crippen molar-refractivity contribution in [3.05, 3.63) is 29.8 Å². The van der Waals surface area contributed by atoms with Crippen LogP contribution in [0.1, 0.15) is 44.2 Å². The molecule has 2 heteroatoms. The van der Waals surface area contributed by atoms with Crippen LogP contribution in [0.5, 0.6) is 0 Å². The van der Waals surface area contributed by atoms with Crippen molar-refractivity contribution in [1.29, 1.82) is 0 Å².